The molecule has 0 spiro atoms. The second-order valence-corrected chi connectivity index (χ2v) is 12.0. The average Bonchev–Trinajstić information content (AvgIpc) is 3.50. The number of anilines is 2. The van der Waals surface area contributed by atoms with Crippen molar-refractivity contribution < 1.29 is 32.0 Å². The van der Waals surface area contributed by atoms with E-state index < -0.39 is 44.9 Å². The molecule has 13 heteroatoms. The van der Waals surface area contributed by atoms with Crippen LogP contribution in [0.4, 0.5) is 17.1 Å². The Hall–Kier alpha value is -4.59. The molecule has 0 unspecified atom stereocenters. The van der Waals surface area contributed by atoms with E-state index in [1.165, 1.54) is 47.5 Å². The zero-order valence-electron chi connectivity index (χ0n) is 21.4. The van der Waals surface area contributed by atoms with Crippen molar-refractivity contribution in [2.45, 2.75) is 17.0 Å². The van der Waals surface area contributed by atoms with Crippen LogP contribution in [0.5, 0.6) is 5.75 Å². The normalized spacial score (nSPS) is 20.1. The minimum atomic E-state index is -4.09. The van der Waals surface area contributed by atoms with Crippen molar-refractivity contribution in [3.05, 3.63) is 123 Å². The van der Waals surface area contributed by atoms with Crippen LogP contribution in [0.25, 0.3) is 0 Å². The number of halogens is 1. The Morgan fingerprint density at radius 3 is 2.19 bits per heavy atom. The first-order chi connectivity index (χ1) is 20.1. The first-order valence-electron chi connectivity index (χ1n) is 12.6. The summed E-state index contributed by atoms with van der Waals surface area (Å²) in [6, 6.07) is 25.1. The van der Waals surface area contributed by atoms with Gasteiger partial charge >= 0.3 is 10.1 Å². The number of rotatable bonds is 7. The number of amides is 2. The summed E-state index contributed by atoms with van der Waals surface area (Å²) in [4.78, 5) is 45.3. The molecule has 0 bridgehead atoms. The van der Waals surface area contributed by atoms with Gasteiger partial charge < -0.3 is 4.18 Å². The third-order valence-electron chi connectivity index (χ3n) is 6.95. The molecule has 4 aromatic carbocycles. The summed E-state index contributed by atoms with van der Waals surface area (Å²) in [6.45, 7) is 0. The minimum Gasteiger partial charge on any atom is -0.379 e. The predicted octanol–water partition coefficient (Wildman–Crippen LogP) is 5.18. The molecule has 0 N–H and O–H groups in total. The van der Waals surface area contributed by atoms with E-state index in [9.17, 15) is 28.1 Å². The first-order valence-corrected chi connectivity index (χ1v) is 14.8. The highest BCUT2D eigenvalue weighted by molar-refractivity contribution is 9.10. The van der Waals surface area contributed by atoms with Crippen molar-refractivity contribution in [3.63, 3.8) is 0 Å². The Morgan fingerprint density at radius 2 is 1.52 bits per heavy atom. The Balaban J connectivity index is 1.37. The van der Waals surface area contributed by atoms with E-state index in [1.54, 1.807) is 60.7 Å². The van der Waals surface area contributed by atoms with Crippen molar-refractivity contribution >= 4 is 54.9 Å². The number of imide groups is 1. The number of carbonyl (C=O) groups excluding carboxylic acids is 2. The maximum atomic E-state index is 13.8. The molecular weight excluding hydrogens is 630 g/mol. The minimum absolute atomic E-state index is 0.0129. The van der Waals surface area contributed by atoms with Gasteiger partial charge in [-0.05, 0) is 60.2 Å². The van der Waals surface area contributed by atoms with E-state index >= 15 is 0 Å². The summed E-state index contributed by atoms with van der Waals surface area (Å²) in [5, 5.41) is 12.8. The summed E-state index contributed by atoms with van der Waals surface area (Å²) in [7, 11) is -4.09. The highest BCUT2D eigenvalue weighted by atomic mass is 79.9. The van der Waals surface area contributed by atoms with E-state index in [2.05, 4.69) is 15.9 Å². The van der Waals surface area contributed by atoms with Crippen LogP contribution < -0.4 is 14.1 Å². The van der Waals surface area contributed by atoms with E-state index in [0.29, 0.717) is 11.3 Å². The van der Waals surface area contributed by atoms with Crippen molar-refractivity contribution in [1.82, 2.24) is 0 Å². The van der Waals surface area contributed by atoms with Crippen molar-refractivity contribution in [3.8, 4) is 5.75 Å². The van der Waals surface area contributed by atoms with Crippen molar-refractivity contribution in [2.75, 3.05) is 9.96 Å². The second-order valence-electron chi connectivity index (χ2n) is 9.51. The largest absolute Gasteiger partial charge is 0.379 e. The van der Waals surface area contributed by atoms with Gasteiger partial charge in [0, 0.05) is 16.6 Å². The molecule has 0 saturated carbocycles. The van der Waals surface area contributed by atoms with Gasteiger partial charge in [0.25, 0.3) is 11.6 Å². The average molecular weight is 650 g/mol. The van der Waals surface area contributed by atoms with Gasteiger partial charge in [0.15, 0.2) is 6.10 Å². The molecular formula is C29H20BrN3O8S. The topological polar surface area (TPSA) is 136 Å². The zero-order chi connectivity index (χ0) is 29.6. The molecule has 2 amide bonds. The Morgan fingerprint density at radius 1 is 0.833 bits per heavy atom. The maximum Gasteiger partial charge on any atom is 0.339 e. The fourth-order valence-corrected chi connectivity index (χ4v) is 6.26. The number of nitro groups is 1. The van der Waals surface area contributed by atoms with Gasteiger partial charge in [0.05, 0.1) is 22.3 Å². The monoisotopic (exact) mass is 649 g/mol. The van der Waals surface area contributed by atoms with E-state index in [1.807, 2.05) is 0 Å². The second kappa shape index (κ2) is 10.7. The molecule has 2 saturated heterocycles. The molecule has 0 radical (unpaired) electrons. The van der Waals surface area contributed by atoms with Crippen LogP contribution in [0.1, 0.15) is 11.6 Å². The summed E-state index contributed by atoms with van der Waals surface area (Å²) in [6.07, 6.45) is -1.19. The van der Waals surface area contributed by atoms with Gasteiger partial charge in [-0.2, -0.15) is 8.42 Å². The van der Waals surface area contributed by atoms with E-state index in [4.69, 9.17) is 9.02 Å². The van der Waals surface area contributed by atoms with Crippen LogP contribution in [-0.2, 0) is 24.5 Å². The van der Waals surface area contributed by atoms with Gasteiger partial charge in [-0.15, -0.1) is 0 Å². The molecule has 4 aromatic rings. The lowest BCUT2D eigenvalue weighted by molar-refractivity contribution is -0.384. The lowest BCUT2D eigenvalue weighted by Gasteiger charge is -2.28. The van der Waals surface area contributed by atoms with Crippen LogP contribution in [0, 0.1) is 16.0 Å². The van der Waals surface area contributed by atoms with Crippen molar-refractivity contribution in [2.24, 2.45) is 5.92 Å². The highest BCUT2D eigenvalue weighted by Gasteiger charge is 2.60. The molecule has 42 heavy (non-hydrogen) atoms. The van der Waals surface area contributed by atoms with Crippen LogP contribution in [0.3, 0.4) is 0 Å². The van der Waals surface area contributed by atoms with Gasteiger partial charge in [-0.25, -0.2) is 9.96 Å². The molecule has 3 atom stereocenters. The summed E-state index contributed by atoms with van der Waals surface area (Å²) in [5.41, 5.74) is 0.946. The number of carbonyl (C=O) groups is 2. The molecule has 6 rings (SSSR count). The summed E-state index contributed by atoms with van der Waals surface area (Å²) in [5.74, 6) is -2.04. The van der Waals surface area contributed by atoms with Crippen LogP contribution >= 0.6 is 15.9 Å². The number of nitrogens with zero attached hydrogens (tertiary/aromatic N) is 3. The predicted molar refractivity (Wildman–Crippen MR) is 154 cm³/mol. The van der Waals surface area contributed by atoms with Crippen LogP contribution in [0.2, 0.25) is 0 Å². The molecule has 0 aromatic heterocycles. The molecule has 0 aliphatic carbocycles. The summed E-state index contributed by atoms with van der Waals surface area (Å²) < 4.78 is 31.4. The number of benzene rings is 4. The van der Waals surface area contributed by atoms with Gasteiger partial charge in [0.2, 0.25) is 5.91 Å². The first kappa shape index (κ1) is 27.6. The molecule has 11 nitrogen and oxygen atoms in total. The Bertz CT molecular complexity index is 1800. The molecule has 212 valence electrons. The number of fused-ring (bicyclic) bond motifs is 1. The standard InChI is InChI=1S/C29H20BrN3O8S/c30-19-11-13-20(14-12-19)31-28(34)25-26(32(40-27(25)29(31)35)21-5-4-6-22(17-21)33(36)37)18-9-15-23(16-10-18)41-42(38,39)24-7-2-1-3-8-24/h1-17,25-27H/t25-,26-,27-/m1/s1. The lowest BCUT2D eigenvalue weighted by Crippen LogP contribution is -2.37. The van der Waals surface area contributed by atoms with E-state index in [0.717, 1.165) is 9.37 Å². The Kier molecular flexibility index (Phi) is 7.01. The van der Waals surface area contributed by atoms with Gasteiger partial charge in [0.1, 0.15) is 16.6 Å². The smallest absolute Gasteiger partial charge is 0.339 e. The van der Waals surface area contributed by atoms with Crippen LogP contribution in [0.15, 0.2) is 112 Å². The quantitative estimate of drug-likeness (QED) is 0.115. The lowest BCUT2D eigenvalue weighted by atomic mass is 9.90. The zero-order valence-corrected chi connectivity index (χ0v) is 23.8. The molecule has 2 aliphatic heterocycles. The molecule has 2 aliphatic rings. The van der Waals surface area contributed by atoms with Crippen LogP contribution in [-0.4, -0.2) is 31.3 Å². The fraction of sp³-hybridized carbons (Fsp3) is 0.103. The highest BCUT2D eigenvalue weighted by Crippen LogP contribution is 2.48. The third kappa shape index (κ3) is 4.91. The number of hydroxylamine groups is 1. The maximum absolute atomic E-state index is 13.8. The van der Waals surface area contributed by atoms with E-state index in [-0.39, 0.29) is 22.0 Å². The number of nitro benzene ring substituents is 1. The van der Waals surface area contributed by atoms with Gasteiger partial charge in [-0.3, -0.25) is 24.5 Å². The molecule has 2 fully saturated rings. The molecule has 2 heterocycles. The number of hydrogen-bond acceptors (Lipinski definition) is 9. The van der Waals surface area contributed by atoms with Crippen molar-refractivity contribution in [1.29, 1.82) is 0 Å². The third-order valence-corrected chi connectivity index (χ3v) is 8.74. The number of hydrogen-bond donors (Lipinski definition) is 0. The Labute approximate surface area is 248 Å². The SMILES string of the molecule is O=C1[C@@H]2[C@@H](c3ccc(OS(=O)(=O)c4ccccc4)cc3)N(c3cccc([N+](=O)[O-])c3)O[C@H]2C(=O)N1c1ccc(Br)cc1. The van der Waals surface area contributed by atoms with Gasteiger partial charge in [-0.1, -0.05) is 52.3 Å². The summed E-state index contributed by atoms with van der Waals surface area (Å²) >= 11 is 3.34. The number of non-ortho nitro benzene ring substituents is 1. The fourth-order valence-electron chi connectivity index (χ4n) is 5.05.